The Labute approximate surface area is 131 Å². The third-order valence-corrected chi connectivity index (χ3v) is 6.46. The van der Waals surface area contributed by atoms with Crippen molar-refractivity contribution in [3.8, 4) is 0 Å². The molecule has 1 aromatic heterocycles. The molecule has 2 aliphatic heterocycles. The number of hydrogen-bond acceptors (Lipinski definition) is 4. The summed E-state index contributed by atoms with van der Waals surface area (Å²) in [6.45, 7) is 4.54. The standard InChI is InChI=1S/C15H21N3O3S/c1-3-22(20,21)18-8-7-13-14(18)9-15(19)17(13)10-12-6-4-5-11(2)16-12/h4-6,13-14H,3,7-10H2,1-2H3/t13-,14-/m1/s1. The number of nitrogens with zero attached hydrogens (tertiary/aromatic N) is 3. The average molecular weight is 323 g/mol. The molecule has 2 aliphatic rings. The van der Waals surface area contributed by atoms with Crippen molar-refractivity contribution >= 4 is 15.9 Å². The van der Waals surface area contributed by atoms with Crippen molar-refractivity contribution in [3.05, 3.63) is 29.6 Å². The third-order valence-electron chi connectivity index (χ3n) is 4.56. The van der Waals surface area contributed by atoms with Crippen LogP contribution in [0.25, 0.3) is 0 Å². The molecule has 3 heterocycles. The first kappa shape index (κ1) is 15.4. The molecule has 1 amide bonds. The summed E-state index contributed by atoms with van der Waals surface area (Å²) in [5.41, 5.74) is 1.77. The molecule has 3 rings (SSSR count). The van der Waals surface area contributed by atoms with E-state index in [1.165, 1.54) is 4.31 Å². The normalized spacial score (nSPS) is 25.7. The maximum absolute atomic E-state index is 12.3. The first-order valence-electron chi connectivity index (χ1n) is 7.64. The predicted molar refractivity (Wildman–Crippen MR) is 82.5 cm³/mol. The molecule has 0 bridgehead atoms. The second-order valence-electron chi connectivity index (χ2n) is 5.93. The quantitative estimate of drug-likeness (QED) is 0.826. The SMILES string of the molecule is CCS(=O)(=O)N1CC[C@@H]2[C@H]1CC(=O)N2Cc1cccc(C)n1. The molecule has 1 aromatic rings. The molecule has 0 aromatic carbocycles. The van der Waals surface area contributed by atoms with E-state index in [2.05, 4.69) is 4.98 Å². The molecular weight excluding hydrogens is 302 g/mol. The molecule has 6 nitrogen and oxygen atoms in total. The second-order valence-corrected chi connectivity index (χ2v) is 8.14. The lowest BCUT2D eigenvalue weighted by Crippen LogP contribution is -2.40. The highest BCUT2D eigenvalue weighted by molar-refractivity contribution is 7.89. The first-order chi connectivity index (χ1) is 10.4. The maximum Gasteiger partial charge on any atom is 0.224 e. The van der Waals surface area contributed by atoms with Crippen molar-refractivity contribution in [3.63, 3.8) is 0 Å². The lowest BCUT2D eigenvalue weighted by atomic mass is 10.1. The van der Waals surface area contributed by atoms with E-state index < -0.39 is 10.0 Å². The summed E-state index contributed by atoms with van der Waals surface area (Å²) < 4.78 is 25.8. The largest absolute Gasteiger partial charge is 0.332 e. The van der Waals surface area contributed by atoms with Gasteiger partial charge in [0.15, 0.2) is 0 Å². The van der Waals surface area contributed by atoms with Gasteiger partial charge in [0.2, 0.25) is 15.9 Å². The minimum Gasteiger partial charge on any atom is -0.332 e. The summed E-state index contributed by atoms with van der Waals surface area (Å²) >= 11 is 0. The summed E-state index contributed by atoms with van der Waals surface area (Å²) in [5.74, 6) is 0.110. The van der Waals surface area contributed by atoms with E-state index in [-0.39, 0.29) is 30.2 Å². The Bertz CT molecular complexity index is 689. The highest BCUT2D eigenvalue weighted by Gasteiger charge is 2.49. The Morgan fingerprint density at radius 3 is 2.77 bits per heavy atom. The molecule has 0 radical (unpaired) electrons. The minimum atomic E-state index is -3.24. The Kier molecular flexibility index (Phi) is 3.94. The van der Waals surface area contributed by atoms with Gasteiger partial charge in [-0.15, -0.1) is 0 Å². The van der Waals surface area contributed by atoms with Gasteiger partial charge in [-0.3, -0.25) is 9.78 Å². The highest BCUT2D eigenvalue weighted by atomic mass is 32.2. The van der Waals surface area contributed by atoms with Gasteiger partial charge < -0.3 is 4.90 Å². The van der Waals surface area contributed by atoms with Crippen LogP contribution in [0.15, 0.2) is 18.2 Å². The molecule has 22 heavy (non-hydrogen) atoms. The van der Waals surface area contributed by atoms with Gasteiger partial charge in [0.05, 0.1) is 30.1 Å². The molecule has 2 atom stereocenters. The molecular formula is C15H21N3O3S. The fourth-order valence-corrected chi connectivity index (χ4v) is 4.81. The Hall–Kier alpha value is -1.47. The van der Waals surface area contributed by atoms with Crippen LogP contribution in [0.5, 0.6) is 0 Å². The zero-order chi connectivity index (χ0) is 15.9. The van der Waals surface area contributed by atoms with Crippen LogP contribution >= 0.6 is 0 Å². The van der Waals surface area contributed by atoms with Crippen molar-refractivity contribution in [1.29, 1.82) is 0 Å². The molecule has 120 valence electrons. The number of carbonyl (C=O) groups is 1. The molecule has 2 fully saturated rings. The van der Waals surface area contributed by atoms with Crippen LogP contribution in [0.4, 0.5) is 0 Å². The van der Waals surface area contributed by atoms with Crippen molar-refractivity contribution in [2.45, 2.75) is 45.3 Å². The molecule has 0 N–H and O–H groups in total. The number of rotatable bonds is 4. The monoisotopic (exact) mass is 323 g/mol. The molecule has 0 saturated carbocycles. The van der Waals surface area contributed by atoms with E-state index in [4.69, 9.17) is 0 Å². The van der Waals surface area contributed by atoms with Gasteiger partial charge in [-0.1, -0.05) is 6.07 Å². The van der Waals surface area contributed by atoms with Gasteiger partial charge in [0.1, 0.15) is 0 Å². The predicted octanol–water partition coefficient (Wildman–Crippen LogP) is 0.915. The first-order valence-corrected chi connectivity index (χ1v) is 9.25. The van der Waals surface area contributed by atoms with Crippen molar-refractivity contribution in [2.75, 3.05) is 12.3 Å². The summed E-state index contributed by atoms with van der Waals surface area (Å²) in [5, 5.41) is 0. The van der Waals surface area contributed by atoms with Crippen molar-refractivity contribution in [2.24, 2.45) is 0 Å². The smallest absolute Gasteiger partial charge is 0.224 e. The van der Waals surface area contributed by atoms with Crippen LogP contribution < -0.4 is 0 Å². The van der Waals surface area contributed by atoms with E-state index in [0.29, 0.717) is 19.5 Å². The average Bonchev–Trinajstić information content (AvgIpc) is 3.00. The van der Waals surface area contributed by atoms with Crippen LogP contribution in [0, 0.1) is 6.92 Å². The van der Waals surface area contributed by atoms with E-state index in [9.17, 15) is 13.2 Å². The van der Waals surface area contributed by atoms with Crippen LogP contribution in [0.1, 0.15) is 31.2 Å². The number of sulfonamides is 1. The second kappa shape index (κ2) is 5.62. The lowest BCUT2D eigenvalue weighted by molar-refractivity contribution is -0.129. The van der Waals surface area contributed by atoms with Crippen LogP contribution in [-0.2, 0) is 21.4 Å². The summed E-state index contributed by atoms with van der Waals surface area (Å²) in [6.07, 6.45) is 0.997. The van der Waals surface area contributed by atoms with E-state index in [0.717, 1.165) is 11.4 Å². The zero-order valence-electron chi connectivity index (χ0n) is 12.9. The van der Waals surface area contributed by atoms with Gasteiger partial charge >= 0.3 is 0 Å². The van der Waals surface area contributed by atoms with Crippen LogP contribution in [-0.4, -0.2) is 52.9 Å². The van der Waals surface area contributed by atoms with Crippen LogP contribution in [0.2, 0.25) is 0 Å². The maximum atomic E-state index is 12.3. The number of pyridine rings is 1. The molecule has 0 spiro atoms. The fourth-order valence-electron chi connectivity index (χ4n) is 3.47. The summed E-state index contributed by atoms with van der Waals surface area (Å²) in [4.78, 5) is 18.6. The zero-order valence-corrected chi connectivity index (χ0v) is 13.7. The number of fused-ring (bicyclic) bond motifs is 1. The number of carbonyl (C=O) groups excluding carboxylic acids is 1. The van der Waals surface area contributed by atoms with Gasteiger partial charge in [-0.2, -0.15) is 4.31 Å². The van der Waals surface area contributed by atoms with E-state index in [1.54, 1.807) is 11.8 Å². The Morgan fingerprint density at radius 1 is 1.32 bits per heavy atom. The van der Waals surface area contributed by atoms with Gasteiger partial charge in [-0.05, 0) is 32.4 Å². The Morgan fingerprint density at radius 2 is 2.09 bits per heavy atom. The fraction of sp³-hybridized carbons (Fsp3) is 0.600. The summed E-state index contributed by atoms with van der Waals surface area (Å²) in [6, 6.07) is 5.53. The molecule has 7 heteroatoms. The van der Waals surface area contributed by atoms with Crippen molar-refractivity contribution < 1.29 is 13.2 Å². The lowest BCUT2D eigenvalue weighted by Gasteiger charge is -2.24. The van der Waals surface area contributed by atoms with Crippen LogP contribution in [0.3, 0.4) is 0 Å². The number of aromatic nitrogens is 1. The van der Waals surface area contributed by atoms with Gasteiger partial charge in [-0.25, -0.2) is 8.42 Å². The van der Waals surface area contributed by atoms with Crippen molar-refractivity contribution in [1.82, 2.24) is 14.2 Å². The number of aryl methyl sites for hydroxylation is 1. The number of amides is 1. The van der Waals surface area contributed by atoms with E-state index in [1.807, 2.05) is 25.1 Å². The Balaban J connectivity index is 1.80. The number of likely N-dealkylation sites (tertiary alicyclic amines) is 1. The molecule has 0 aliphatic carbocycles. The van der Waals surface area contributed by atoms with Gasteiger partial charge in [0, 0.05) is 18.7 Å². The molecule has 0 unspecified atom stereocenters. The highest BCUT2D eigenvalue weighted by Crippen LogP contribution is 2.35. The number of hydrogen-bond donors (Lipinski definition) is 0. The third kappa shape index (κ3) is 2.63. The minimum absolute atomic E-state index is 0.0175. The topological polar surface area (TPSA) is 70.6 Å². The van der Waals surface area contributed by atoms with Gasteiger partial charge in [0.25, 0.3) is 0 Å². The molecule has 2 saturated heterocycles. The summed E-state index contributed by atoms with van der Waals surface area (Å²) in [7, 11) is -3.24. The van der Waals surface area contributed by atoms with E-state index >= 15 is 0 Å².